The number of esters is 1. The fourth-order valence-corrected chi connectivity index (χ4v) is 3.01. The van der Waals surface area contributed by atoms with Gasteiger partial charge >= 0.3 is 5.97 Å². The number of nitrogens with zero attached hydrogens (tertiary/aromatic N) is 1. The number of methoxy groups -OCH3 is 3. The van der Waals surface area contributed by atoms with Gasteiger partial charge in [0, 0.05) is 19.8 Å². The van der Waals surface area contributed by atoms with Crippen molar-refractivity contribution in [2.24, 2.45) is 17.8 Å². The predicted molar refractivity (Wildman–Crippen MR) is 62.6 cm³/mol. The van der Waals surface area contributed by atoms with E-state index in [1.165, 1.54) is 27.4 Å². The predicted octanol–water partition coefficient (Wildman–Crippen LogP) is 0.433. The molecule has 3 rings (SSSR count). The van der Waals surface area contributed by atoms with E-state index in [0.29, 0.717) is 12.0 Å². The Balaban J connectivity index is 2.53. The van der Waals surface area contributed by atoms with Crippen molar-refractivity contribution in [3.05, 3.63) is 11.6 Å². The molecule has 19 heavy (non-hydrogen) atoms. The molecule has 3 aliphatic carbocycles. The second kappa shape index (κ2) is 4.76. The lowest BCUT2D eigenvalue weighted by Crippen LogP contribution is -2.61. The summed E-state index contributed by atoms with van der Waals surface area (Å²) in [6, 6.07) is 2.10. The van der Waals surface area contributed by atoms with E-state index in [9.17, 15) is 9.59 Å². The third-order valence-electron chi connectivity index (χ3n) is 3.96. The maximum atomic E-state index is 12.4. The second-order valence-electron chi connectivity index (χ2n) is 4.60. The summed E-state index contributed by atoms with van der Waals surface area (Å²) in [4.78, 5) is 24.2. The third kappa shape index (κ3) is 1.70. The zero-order valence-corrected chi connectivity index (χ0v) is 11.0. The fraction of sp³-hybridized carbons (Fsp3) is 0.615. The van der Waals surface area contributed by atoms with Gasteiger partial charge in [-0.1, -0.05) is 6.08 Å². The van der Waals surface area contributed by atoms with Crippen LogP contribution in [0.3, 0.4) is 0 Å². The molecule has 0 aromatic heterocycles. The Morgan fingerprint density at radius 1 is 1.42 bits per heavy atom. The summed E-state index contributed by atoms with van der Waals surface area (Å²) in [6.45, 7) is 0. The summed E-state index contributed by atoms with van der Waals surface area (Å²) in [7, 11) is 3.99. The molecule has 3 atom stereocenters. The van der Waals surface area contributed by atoms with Gasteiger partial charge in [-0.2, -0.15) is 5.26 Å². The van der Waals surface area contributed by atoms with Gasteiger partial charge in [0.1, 0.15) is 0 Å². The van der Waals surface area contributed by atoms with Gasteiger partial charge in [-0.3, -0.25) is 4.79 Å². The van der Waals surface area contributed by atoms with E-state index in [1.807, 2.05) is 0 Å². The fourth-order valence-electron chi connectivity index (χ4n) is 3.01. The summed E-state index contributed by atoms with van der Waals surface area (Å²) in [5, 5.41) is 9.10. The minimum absolute atomic E-state index is 0.312. The molecule has 0 aromatic carbocycles. The number of nitriles is 1. The molecule has 0 heterocycles. The van der Waals surface area contributed by atoms with Crippen molar-refractivity contribution >= 4 is 11.8 Å². The molecule has 0 N–H and O–H groups in total. The highest BCUT2D eigenvalue weighted by atomic mass is 16.7. The van der Waals surface area contributed by atoms with Crippen molar-refractivity contribution in [3.8, 4) is 6.07 Å². The smallest absolute Gasteiger partial charge is 0.333 e. The second-order valence-corrected chi connectivity index (χ2v) is 4.60. The van der Waals surface area contributed by atoms with Crippen LogP contribution in [0, 0.1) is 29.1 Å². The number of rotatable bonds is 3. The first kappa shape index (κ1) is 13.7. The normalized spacial score (nSPS) is 31.6. The van der Waals surface area contributed by atoms with Crippen molar-refractivity contribution in [1.82, 2.24) is 0 Å². The van der Waals surface area contributed by atoms with Crippen LogP contribution >= 0.6 is 0 Å². The summed E-state index contributed by atoms with van der Waals surface area (Å²) in [5.74, 6) is -4.08. The van der Waals surface area contributed by atoms with Gasteiger partial charge < -0.3 is 14.2 Å². The van der Waals surface area contributed by atoms with E-state index >= 15 is 0 Å². The molecule has 102 valence electrons. The van der Waals surface area contributed by atoms with Gasteiger partial charge in [0.25, 0.3) is 0 Å². The van der Waals surface area contributed by atoms with Crippen LogP contribution in [0.25, 0.3) is 0 Å². The molecule has 0 spiro atoms. The highest BCUT2D eigenvalue weighted by Gasteiger charge is 2.61. The first-order valence-corrected chi connectivity index (χ1v) is 5.90. The van der Waals surface area contributed by atoms with Gasteiger partial charge in [0.15, 0.2) is 0 Å². The van der Waals surface area contributed by atoms with Crippen LogP contribution in [0.15, 0.2) is 11.6 Å². The monoisotopic (exact) mass is 265 g/mol. The van der Waals surface area contributed by atoms with Crippen LogP contribution in [0.2, 0.25) is 0 Å². The maximum Gasteiger partial charge on any atom is 0.333 e. The van der Waals surface area contributed by atoms with Crippen molar-refractivity contribution in [3.63, 3.8) is 0 Å². The quantitative estimate of drug-likeness (QED) is 0.543. The Kier molecular flexibility index (Phi) is 3.43. The Labute approximate surface area is 110 Å². The van der Waals surface area contributed by atoms with Gasteiger partial charge in [0.05, 0.1) is 30.9 Å². The van der Waals surface area contributed by atoms with Crippen molar-refractivity contribution < 1.29 is 23.8 Å². The topological polar surface area (TPSA) is 85.6 Å². The minimum atomic E-state index is -1.49. The number of ketones is 1. The molecular weight excluding hydrogens is 250 g/mol. The first-order valence-electron chi connectivity index (χ1n) is 5.90. The highest BCUT2D eigenvalue weighted by Crippen LogP contribution is 2.49. The summed E-state index contributed by atoms with van der Waals surface area (Å²) >= 11 is 0. The van der Waals surface area contributed by atoms with E-state index < -0.39 is 29.5 Å². The van der Waals surface area contributed by atoms with E-state index in [4.69, 9.17) is 19.5 Å². The Morgan fingerprint density at radius 2 is 2.05 bits per heavy atom. The third-order valence-corrected chi connectivity index (χ3v) is 3.96. The molecule has 1 fully saturated rings. The Bertz CT molecular complexity index is 486. The Hall–Kier alpha value is -1.71. The number of fused-ring (bicyclic) bond motifs is 2. The number of hydrogen-bond acceptors (Lipinski definition) is 6. The Morgan fingerprint density at radius 3 is 2.53 bits per heavy atom. The lowest BCUT2D eigenvalue weighted by molar-refractivity contribution is -0.240. The molecule has 1 saturated carbocycles. The highest BCUT2D eigenvalue weighted by molar-refractivity contribution is 6.00. The molecule has 0 amide bonds. The number of ether oxygens (including phenoxy) is 3. The van der Waals surface area contributed by atoms with Gasteiger partial charge in [-0.25, -0.2) is 4.79 Å². The lowest BCUT2D eigenvalue weighted by atomic mass is 9.62. The number of hydrogen-bond donors (Lipinski definition) is 0. The van der Waals surface area contributed by atoms with Crippen LogP contribution in [0.4, 0.5) is 0 Å². The molecule has 3 aliphatic rings. The van der Waals surface area contributed by atoms with Gasteiger partial charge in [0.2, 0.25) is 11.6 Å². The summed E-state index contributed by atoms with van der Waals surface area (Å²) in [5.41, 5.74) is 0.349. The average molecular weight is 265 g/mol. The number of allylic oxidation sites excluding steroid dienone is 1. The molecule has 0 aliphatic heterocycles. The van der Waals surface area contributed by atoms with Crippen LogP contribution in [0.5, 0.6) is 0 Å². The molecule has 0 saturated heterocycles. The number of Topliss-reactive ketones (excluding diaryl/α,β-unsaturated/α-hetero) is 1. The van der Waals surface area contributed by atoms with Crippen molar-refractivity contribution in [2.45, 2.75) is 12.2 Å². The first-order chi connectivity index (χ1) is 9.05. The average Bonchev–Trinajstić information content (AvgIpc) is 2.47. The maximum absolute atomic E-state index is 12.4. The minimum Gasteiger partial charge on any atom is -0.466 e. The van der Waals surface area contributed by atoms with Crippen LogP contribution < -0.4 is 0 Å². The number of carbonyl (C=O) groups is 2. The standard InChI is InChI=1S/C13H15NO5/c1-17-12(16)9-5-8-7(6-14)4-10(9)13(18-2,19-3)11(8)15/h5,7-8,10H,4H2,1-3H3/t7-,8+,10-/m1/s1. The molecule has 2 bridgehead atoms. The molecule has 0 unspecified atom stereocenters. The van der Waals surface area contributed by atoms with Crippen molar-refractivity contribution in [2.75, 3.05) is 21.3 Å². The van der Waals surface area contributed by atoms with E-state index in [-0.39, 0.29) is 5.78 Å². The SMILES string of the molecule is COC(=O)C1=C[C@@H]2C(=O)C(OC)(OC)[C@@H]1C[C@@H]2C#N. The molecule has 6 heteroatoms. The van der Waals surface area contributed by atoms with Crippen LogP contribution in [-0.4, -0.2) is 38.9 Å². The zero-order valence-electron chi connectivity index (χ0n) is 11.0. The molecule has 6 nitrogen and oxygen atoms in total. The zero-order chi connectivity index (χ0) is 14.2. The van der Waals surface area contributed by atoms with Crippen molar-refractivity contribution in [1.29, 1.82) is 5.26 Å². The van der Waals surface area contributed by atoms with E-state index in [0.717, 1.165) is 0 Å². The van der Waals surface area contributed by atoms with Crippen LogP contribution in [0.1, 0.15) is 6.42 Å². The number of carbonyl (C=O) groups excluding carboxylic acids is 2. The van der Waals surface area contributed by atoms with E-state index in [1.54, 1.807) is 0 Å². The van der Waals surface area contributed by atoms with Crippen LogP contribution in [-0.2, 0) is 23.8 Å². The lowest BCUT2D eigenvalue weighted by Gasteiger charge is -2.48. The summed E-state index contributed by atoms with van der Waals surface area (Å²) in [6.07, 6.45) is 1.86. The largest absolute Gasteiger partial charge is 0.466 e. The molecule has 0 radical (unpaired) electrons. The van der Waals surface area contributed by atoms with Gasteiger partial charge in [-0.15, -0.1) is 0 Å². The van der Waals surface area contributed by atoms with Gasteiger partial charge in [-0.05, 0) is 6.42 Å². The van der Waals surface area contributed by atoms with E-state index in [2.05, 4.69) is 6.07 Å². The molecule has 0 aromatic rings. The molecular formula is C13H15NO5. The summed E-state index contributed by atoms with van der Waals surface area (Å²) < 4.78 is 15.2.